The number of nitrogens with one attached hydrogen (secondary N) is 1. The first-order valence-electron chi connectivity index (χ1n) is 7.62. The van der Waals surface area contributed by atoms with E-state index in [2.05, 4.69) is 41.1 Å². The van der Waals surface area contributed by atoms with E-state index in [1.807, 2.05) is 18.2 Å². The van der Waals surface area contributed by atoms with E-state index in [1.54, 1.807) is 11.3 Å². The monoisotopic (exact) mass is 334 g/mol. The number of thiophene rings is 1. The normalized spacial score (nSPS) is 15.8. The lowest BCUT2D eigenvalue weighted by molar-refractivity contribution is 0.167. The standard InChI is InChI=1S/C17H22N2O3S/c1-19(2)14(13-5-6-23-10-13)8-18-9-15(20)12-3-4-16-17(7-12)22-11-21-16/h3-7,10,14-15,18,20H,8-9,11H2,1-2H3/t14-,15+/m0/s1. The summed E-state index contributed by atoms with van der Waals surface area (Å²) in [5.41, 5.74) is 2.13. The van der Waals surface area contributed by atoms with Crippen LogP contribution in [0.3, 0.4) is 0 Å². The molecular formula is C17H22N2O3S. The zero-order chi connectivity index (χ0) is 16.2. The van der Waals surface area contributed by atoms with Gasteiger partial charge in [0.25, 0.3) is 0 Å². The molecule has 0 aliphatic carbocycles. The van der Waals surface area contributed by atoms with Crippen molar-refractivity contribution in [2.24, 2.45) is 0 Å². The number of fused-ring (bicyclic) bond motifs is 1. The molecule has 0 unspecified atom stereocenters. The van der Waals surface area contributed by atoms with Gasteiger partial charge in [-0.1, -0.05) is 6.07 Å². The van der Waals surface area contributed by atoms with E-state index < -0.39 is 6.10 Å². The second-order valence-corrected chi connectivity index (χ2v) is 6.60. The van der Waals surface area contributed by atoms with Gasteiger partial charge in [-0.15, -0.1) is 0 Å². The molecule has 0 saturated carbocycles. The van der Waals surface area contributed by atoms with Crippen molar-refractivity contribution in [2.75, 3.05) is 34.0 Å². The molecule has 6 heteroatoms. The Bertz CT molecular complexity index is 631. The predicted octanol–water partition coefficient (Wildman–Crippen LogP) is 2.40. The highest BCUT2D eigenvalue weighted by atomic mass is 32.1. The van der Waals surface area contributed by atoms with Crippen LogP contribution in [0.5, 0.6) is 11.5 Å². The van der Waals surface area contributed by atoms with E-state index in [0.717, 1.165) is 17.9 Å². The van der Waals surface area contributed by atoms with Crippen molar-refractivity contribution < 1.29 is 14.6 Å². The molecule has 2 N–H and O–H groups in total. The summed E-state index contributed by atoms with van der Waals surface area (Å²) in [6.07, 6.45) is -0.574. The van der Waals surface area contributed by atoms with Crippen LogP contribution in [-0.2, 0) is 0 Å². The maximum atomic E-state index is 10.4. The molecule has 2 atom stereocenters. The molecule has 23 heavy (non-hydrogen) atoms. The third kappa shape index (κ3) is 3.84. The summed E-state index contributed by atoms with van der Waals surface area (Å²) in [6, 6.07) is 8.00. The van der Waals surface area contributed by atoms with E-state index >= 15 is 0 Å². The minimum Gasteiger partial charge on any atom is -0.454 e. The number of aliphatic hydroxyl groups excluding tert-OH is 1. The lowest BCUT2D eigenvalue weighted by Crippen LogP contribution is -2.33. The van der Waals surface area contributed by atoms with Crippen LogP contribution in [0.15, 0.2) is 35.0 Å². The third-order valence-electron chi connectivity index (χ3n) is 4.01. The largest absolute Gasteiger partial charge is 0.454 e. The van der Waals surface area contributed by atoms with Crippen molar-refractivity contribution >= 4 is 11.3 Å². The van der Waals surface area contributed by atoms with Gasteiger partial charge < -0.3 is 24.8 Å². The number of likely N-dealkylation sites (N-methyl/N-ethyl adjacent to an activating group) is 1. The Morgan fingerprint density at radius 3 is 2.74 bits per heavy atom. The Labute approximate surface area is 140 Å². The number of hydrogen-bond donors (Lipinski definition) is 2. The molecule has 2 aromatic rings. The maximum Gasteiger partial charge on any atom is 0.231 e. The highest BCUT2D eigenvalue weighted by Crippen LogP contribution is 2.34. The second kappa shape index (κ2) is 7.31. The molecule has 0 spiro atoms. The Hall–Kier alpha value is -1.60. The molecule has 0 bridgehead atoms. The number of ether oxygens (including phenoxy) is 2. The van der Waals surface area contributed by atoms with Crippen molar-refractivity contribution in [3.63, 3.8) is 0 Å². The number of aliphatic hydroxyl groups is 1. The fourth-order valence-electron chi connectivity index (χ4n) is 2.66. The van der Waals surface area contributed by atoms with Gasteiger partial charge in [-0.2, -0.15) is 11.3 Å². The summed E-state index contributed by atoms with van der Waals surface area (Å²) in [6.45, 7) is 1.53. The summed E-state index contributed by atoms with van der Waals surface area (Å²) in [7, 11) is 4.14. The number of hydrogen-bond acceptors (Lipinski definition) is 6. The van der Waals surface area contributed by atoms with Gasteiger partial charge in [-0.05, 0) is 54.2 Å². The zero-order valence-corrected chi connectivity index (χ0v) is 14.2. The van der Waals surface area contributed by atoms with E-state index in [1.165, 1.54) is 5.56 Å². The van der Waals surface area contributed by atoms with Crippen molar-refractivity contribution in [3.05, 3.63) is 46.2 Å². The second-order valence-electron chi connectivity index (χ2n) is 5.82. The van der Waals surface area contributed by atoms with Crippen LogP contribution in [0, 0.1) is 0 Å². The van der Waals surface area contributed by atoms with Gasteiger partial charge in [0.2, 0.25) is 6.79 Å². The average molecular weight is 334 g/mol. The quantitative estimate of drug-likeness (QED) is 0.814. The molecule has 0 amide bonds. The number of benzene rings is 1. The molecular weight excluding hydrogens is 312 g/mol. The summed E-state index contributed by atoms with van der Waals surface area (Å²) in [5, 5.41) is 18.0. The third-order valence-corrected chi connectivity index (χ3v) is 4.71. The lowest BCUT2D eigenvalue weighted by Gasteiger charge is -2.24. The van der Waals surface area contributed by atoms with Crippen LogP contribution in [-0.4, -0.2) is 44.0 Å². The molecule has 1 aromatic heterocycles. The van der Waals surface area contributed by atoms with Gasteiger partial charge in [0.1, 0.15) is 0 Å². The van der Waals surface area contributed by atoms with Gasteiger partial charge in [-0.3, -0.25) is 0 Å². The van der Waals surface area contributed by atoms with Crippen molar-refractivity contribution in [1.29, 1.82) is 0 Å². The molecule has 0 saturated heterocycles. The lowest BCUT2D eigenvalue weighted by atomic mass is 10.1. The van der Waals surface area contributed by atoms with Crippen LogP contribution in [0.4, 0.5) is 0 Å². The molecule has 1 aliphatic rings. The highest BCUT2D eigenvalue weighted by Gasteiger charge is 2.18. The highest BCUT2D eigenvalue weighted by molar-refractivity contribution is 7.07. The molecule has 124 valence electrons. The predicted molar refractivity (Wildman–Crippen MR) is 91.1 cm³/mol. The van der Waals surface area contributed by atoms with Crippen molar-refractivity contribution in [3.8, 4) is 11.5 Å². The van der Waals surface area contributed by atoms with Crippen LogP contribution in [0.1, 0.15) is 23.3 Å². The van der Waals surface area contributed by atoms with E-state index in [-0.39, 0.29) is 6.79 Å². The summed E-state index contributed by atoms with van der Waals surface area (Å²) in [5.74, 6) is 1.44. The van der Waals surface area contributed by atoms with Gasteiger partial charge in [0, 0.05) is 19.1 Å². The Balaban J connectivity index is 1.55. The molecule has 1 aliphatic heterocycles. The van der Waals surface area contributed by atoms with E-state index in [9.17, 15) is 5.11 Å². The number of rotatable bonds is 7. The fraction of sp³-hybridized carbons (Fsp3) is 0.412. The Morgan fingerprint density at radius 1 is 1.17 bits per heavy atom. The molecule has 3 rings (SSSR count). The van der Waals surface area contributed by atoms with Gasteiger partial charge in [0.15, 0.2) is 11.5 Å². The van der Waals surface area contributed by atoms with E-state index in [4.69, 9.17) is 9.47 Å². The van der Waals surface area contributed by atoms with Crippen molar-refractivity contribution in [2.45, 2.75) is 12.1 Å². The molecule has 0 fully saturated rings. The topological polar surface area (TPSA) is 54.0 Å². The zero-order valence-electron chi connectivity index (χ0n) is 13.4. The van der Waals surface area contributed by atoms with Gasteiger partial charge in [-0.25, -0.2) is 0 Å². The van der Waals surface area contributed by atoms with Crippen LogP contribution in [0.25, 0.3) is 0 Å². The number of nitrogens with zero attached hydrogens (tertiary/aromatic N) is 1. The van der Waals surface area contributed by atoms with Crippen LogP contribution < -0.4 is 14.8 Å². The molecule has 1 aromatic carbocycles. The first-order chi connectivity index (χ1) is 11.1. The van der Waals surface area contributed by atoms with Gasteiger partial charge >= 0.3 is 0 Å². The first kappa shape index (κ1) is 16.3. The minimum absolute atomic E-state index is 0.248. The van der Waals surface area contributed by atoms with E-state index in [0.29, 0.717) is 18.3 Å². The first-order valence-corrected chi connectivity index (χ1v) is 8.56. The Kier molecular flexibility index (Phi) is 5.17. The summed E-state index contributed by atoms with van der Waals surface area (Å²) in [4.78, 5) is 2.18. The van der Waals surface area contributed by atoms with Crippen molar-refractivity contribution in [1.82, 2.24) is 10.2 Å². The average Bonchev–Trinajstić information content (AvgIpc) is 3.21. The molecule has 0 radical (unpaired) electrons. The van der Waals surface area contributed by atoms with Crippen LogP contribution >= 0.6 is 11.3 Å². The summed E-state index contributed by atoms with van der Waals surface area (Å²) < 4.78 is 10.6. The summed E-state index contributed by atoms with van der Waals surface area (Å²) >= 11 is 1.70. The van der Waals surface area contributed by atoms with Gasteiger partial charge in [0.05, 0.1) is 6.10 Å². The molecule has 5 nitrogen and oxygen atoms in total. The smallest absolute Gasteiger partial charge is 0.231 e. The van der Waals surface area contributed by atoms with Crippen LogP contribution in [0.2, 0.25) is 0 Å². The SMILES string of the molecule is CN(C)[C@@H](CNC[C@@H](O)c1ccc2c(c1)OCO2)c1ccsc1. The minimum atomic E-state index is -0.574. The Morgan fingerprint density at radius 2 is 2.00 bits per heavy atom. The maximum absolute atomic E-state index is 10.4. The molecule has 2 heterocycles. The fourth-order valence-corrected chi connectivity index (χ4v) is 3.37.